The minimum absolute atomic E-state index is 0. The lowest BCUT2D eigenvalue weighted by Crippen LogP contribution is -2.36. The summed E-state index contributed by atoms with van der Waals surface area (Å²) >= 11 is 1.69. The molecule has 1 heterocycles. The zero-order valence-corrected chi connectivity index (χ0v) is 18.4. The van der Waals surface area contributed by atoms with Crippen LogP contribution in [0.25, 0.3) is 0 Å². The highest BCUT2D eigenvalue weighted by Gasteiger charge is 2.06. The van der Waals surface area contributed by atoms with E-state index in [0.29, 0.717) is 19.0 Å². The van der Waals surface area contributed by atoms with Gasteiger partial charge in [-0.15, -0.1) is 35.3 Å². The van der Waals surface area contributed by atoms with Crippen molar-refractivity contribution in [2.24, 2.45) is 4.99 Å². The van der Waals surface area contributed by atoms with Gasteiger partial charge in [-0.25, -0.2) is 9.98 Å². The number of thiazole rings is 1. The van der Waals surface area contributed by atoms with Gasteiger partial charge in [0.05, 0.1) is 25.9 Å². The number of rotatable bonds is 7. The Bertz CT molecular complexity index is 655. The summed E-state index contributed by atoms with van der Waals surface area (Å²) < 4.78 is 5.17. The van der Waals surface area contributed by atoms with Crippen LogP contribution in [0.4, 0.5) is 0 Å². The highest BCUT2D eigenvalue weighted by molar-refractivity contribution is 14.0. The van der Waals surface area contributed by atoms with Crippen LogP contribution in [0.3, 0.4) is 0 Å². The van der Waals surface area contributed by atoms with E-state index in [1.54, 1.807) is 18.4 Å². The van der Waals surface area contributed by atoms with Crippen LogP contribution in [0, 0.1) is 0 Å². The lowest BCUT2D eigenvalue weighted by Gasteiger charge is -2.10. The summed E-state index contributed by atoms with van der Waals surface area (Å²) in [6, 6.07) is 7.96. The number of methoxy groups -OCH3 is 1. The molecule has 0 saturated carbocycles. The van der Waals surface area contributed by atoms with Crippen molar-refractivity contribution in [1.82, 2.24) is 15.6 Å². The summed E-state index contributed by atoms with van der Waals surface area (Å²) in [5.74, 6) is 2.12. The Morgan fingerprint density at radius 1 is 1.24 bits per heavy atom. The van der Waals surface area contributed by atoms with Crippen molar-refractivity contribution in [1.29, 1.82) is 0 Å². The molecule has 138 valence electrons. The van der Waals surface area contributed by atoms with Gasteiger partial charge in [-0.3, -0.25) is 0 Å². The smallest absolute Gasteiger partial charge is 0.191 e. The lowest BCUT2D eigenvalue weighted by atomic mass is 10.2. The van der Waals surface area contributed by atoms with Crippen molar-refractivity contribution in [2.45, 2.75) is 39.8 Å². The van der Waals surface area contributed by atoms with E-state index in [-0.39, 0.29) is 24.0 Å². The highest BCUT2D eigenvalue weighted by Crippen LogP contribution is 2.17. The first kappa shape index (κ1) is 21.7. The molecule has 0 unspecified atom stereocenters. The van der Waals surface area contributed by atoms with Crippen molar-refractivity contribution in [3.8, 4) is 5.75 Å². The maximum absolute atomic E-state index is 5.17. The Labute approximate surface area is 171 Å². The Kier molecular flexibility index (Phi) is 9.81. The van der Waals surface area contributed by atoms with Crippen molar-refractivity contribution in [2.75, 3.05) is 13.7 Å². The zero-order chi connectivity index (χ0) is 17.4. The van der Waals surface area contributed by atoms with E-state index in [1.807, 2.05) is 24.3 Å². The molecule has 5 nitrogen and oxygen atoms in total. The molecule has 0 aliphatic heterocycles. The monoisotopic (exact) mass is 474 g/mol. The number of halogens is 1. The molecule has 2 rings (SSSR count). The Hall–Kier alpha value is -1.35. The van der Waals surface area contributed by atoms with Crippen LogP contribution >= 0.6 is 35.3 Å². The lowest BCUT2D eigenvalue weighted by molar-refractivity contribution is 0.414. The fourth-order valence-electron chi connectivity index (χ4n) is 2.07. The van der Waals surface area contributed by atoms with E-state index in [9.17, 15) is 0 Å². The molecule has 0 atom stereocenters. The molecule has 0 spiro atoms. The number of benzene rings is 1. The third-order valence-corrected chi connectivity index (χ3v) is 4.36. The van der Waals surface area contributed by atoms with Gasteiger partial charge in [0.25, 0.3) is 0 Å². The molecule has 0 aliphatic carbocycles. The normalized spacial score (nSPS) is 11.2. The molecule has 2 aromatic rings. The number of guanidine groups is 1. The zero-order valence-electron chi connectivity index (χ0n) is 15.2. The summed E-state index contributed by atoms with van der Waals surface area (Å²) in [6.07, 6.45) is 0. The van der Waals surface area contributed by atoms with Crippen LogP contribution in [0.5, 0.6) is 5.75 Å². The first-order chi connectivity index (χ1) is 11.6. The Morgan fingerprint density at radius 2 is 1.96 bits per heavy atom. The molecule has 1 aromatic carbocycles. The largest absolute Gasteiger partial charge is 0.497 e. The second-order valence-electron chi connectivity index (χ2n) is 5.72. The van der Waals surface area contributed by atoms with E-state index in [4.69, 9.17) is 4.74 Å². The maximum Gasteiger partial charge on any atom is 0.191 e. The average Bonchev–Trinajstić information content (AvgIpc) is 3.07. The first-order valence-electron chi connectivity index (χ1n) is 8.21. The third-order valence-electron chi connectivity index (χ3n) is 3.49. The summed E-state index contributed by atoms with van der Waals surface area (Å²) in [4.78, 5) is 9.27. The quantitative estimate of drug-likeness (QED) is 0.360. The van der Waals surface area contributed by atoms with Crippen molar-refractivity contribution in [3.05, 3.63) is 45.9 Å². The van der Waals surface area contributed by atoms with Gasteiger partial charge in [0.15, 0.2) is 5.96 Å². The fourth-order valence-corrected chi connectivity index (χ4v) is 2.97. The molecule has 1 aromatic heterocycles. The van der Waals surface area contributed by atoms with E-state index in [0.717, 1.165) is 34.5 Å². The molecule has 0 bridgehead atoms. The van der Waals surface area contributed by atoms with Gasteiger partial charge in [-0.05, 0) is 30.5 Å². The minimum Gasteiger partial charge on any atom is -0.497 e. The van der Waals surface area contributed by atoms with E-state index in [2.05, 4.69) is 46.8 Å². The molecule has 7 heteroatoms. The van der Waals surface area contributed by atoms with Gasteiger partial charge in [-0.1, -0.05) is 26.0 Å². The van der Waals surface area contributed by atoms with Gasteiger partial charge >= 0.3 is 0 Å². The second-order valence-corrected chi connectivity index (χ2v) is 6.66. The molecule has 0 aliphatic rings. The van der Waals surface area contributed by atoms with Crippen LogP contribution in [0.1, 0.15) is 43.0 Å². The maximum atomic E-state index is 5.17. The summed E-state index contributed by atoms with van der Waals surface area (Å²) in [5.41, 5.74) is 2.29. The van der Waals surface area contributed by atoms with E-state index in [1.165, 1.54) is 0 Å². The number of ether oxygens (including phenoxy) is 1. The molecule has 25 heavy (non-hydrogen) atoms. The molecule has 0 radical (unpaired) electrons. The molecular formula is C18H27IN4OS. The van der Waals surface area contributed by atoms with Gasteiger partial charge in [-0.2, -0.15) is 0 Å². The standard InChI is InChI=1S/C18H26N4OS.HI/c1-5-19-18(20-10-14-6-8-15(23-4)9-7-14)21-11-17-22-16(12-24-17)13(2)3;/h6-9,12-13H,5,10-11H2,1-4H3,(H2,19,20,21);1H. The highest BCUT2D eigenvalue weighted by atomic mass is 127. The average molecular weight is 474 g/mol. The number of aliphatic imine (C=N–C) groups is 1. The number of hydrogen-bond acceptors (Lipinski definition) is 4. The molecule has 0 saturated heterocycles. The second kappa shape index (κ2) is 11.3. The van der Waals surface area contributed by atoms with Gasteiger partial charge in [0.2, 0.25) is 0 Å². The third kappa shape index (κ3) is 7.19. The van der Waals surface area contributed by atoms with Crippen molar-refractivity contribution >= 4 is 41.3 Å². The number of nitrogens with one attached hydrogen (secondary N) is 2. The number of aromatic nitrogens is 1. The predicted octanol–water partition coefficient (Wildman–Crippen LogP) is 4.15. The minimum atomic E-state index is 0. The van der Waals surface area contributed by atoms with Crippen LogP contribution < -0.4 is 15.4 Å². The van der Waals surface area contributed by atoms with Crippen LogP contribution in [0.15, 0.2) is 34.6 Å². The molecule has 0 amide bonds. The van der Waals surface area contributed by atoms with Gasteiger partial charge in [0, 0.05) is 11.9 Å². The summed E-state index contributed by atoms with van der Waals surface area (Å²) in [7, 11) is 1.67. The Morgan fingerprint density at radius 3 is 2.52 bits per heavy atom. The molecule has 2 N–H and O–H groups in total. The topological polar surface area (TPSA) is 58.5 Å². The molecule has 0 fully saturated rings. The Balaban J connectivity index is 0.00000312. The SMILES string of the molecule is CCNC(=NCc1ccc(OC)cc1)NCc1nc(C(C)C)cs1.I. The number of hydrogen-bond donors (Lipinski definition) is 2. The van der Waals surface area contributed by atoms with Gasteiger partial charge in [0.1, 0.15) is 10.8 Å². The summed E-state index contributed by atoms with van der Waals surface area (Å²) in [5, 5.41) is 9.82. The summed E-state index contributed by atoms with van der Waals surface area (Å²) in [6.45, 7) is 8.51. The predicted molar refractivity (Wildman–Crippen MR) is 116 cm³/mol. The first-order valence-corrected chi connectivity index (χ1v) is 9.09. The van der Waals surface area contributed by atoms with Crippen molar-refractivity contribution in [3.63, 3.8) is 0 Å². The van der Waals surface area contributed by atoms with Crippen molar-refractivity contribution < 1.29 is 4.74 Å². The van der Waals surface area contributed by atoms with E-state index < -0.39 is 0 Å². The van der Waals surface area contributed by atoms with Crippen LogP contribution in [0.2, 0.25) is 0 Å². The number of nitrogens with zero attached hydrogens (tertiary/aromatic N) is 2. The van der Waals surface area contributed by atoms with Crippen LogP contribution in [-0.4, -0.2) is 24.6 Å². The van der Waals surface area contributed by atoms with Gasteiger partial charge < -0.3 is 15.4 Å². The van der Waals surface area contributed by atoms with Crippen LogP contribution in [-0.2, 0) is 13.1 Å². The fraction of sp³-hybridized carbons (Fsp3) is 0.444. The molecular weight excluding hydrogens is 447 g/mol. The van der Waals surface area contributed by atoms with E-state index >= 15 is 0 Å².